The molecule has 10 amide bonds. The number of aliphatic carboxylic acids is 1. The Hall–Kier alpha value is -9.35. The molecule has 0 saturated heterocycles. The number of nitrogens with one attached hydrogen (secondary N) is 9. The summed E-state index contributed by atoms with van der Waals surface area (Å²) >= 11 is 0. The highest BCUT2D eigenvalue weighted by Gasteiger charge is 2.36. The fraction of sp³-hybridized carbons (Fsp3) is 0.491. The van der Waals surface area contributed by atoms with Crippen LogP contribution in [0.15, 0.2) is 70.8 Å². The van der Waals surface area contributed by atoms with Crippen molar-refractivity contribution < 1.29 is 57.8 Å². The van der Waals surface area contributed by atoms with Crippen LogP contribution in [0.5, 0.6) is 0 Å². The van der Waals surface area contributed by atoms with Gasteiger partial charge in [-0.1, -0.05) is 76.2 Å². The second-order valence-corrected chi connectivity index (χ2v) is 20.3. The number of hydrogen-bond donors (Lipinski definition) is 17. The fourth-order valence-electron chi connectivity index (χ4n) is 8.35. The molecule has 1 aromatic heterocycles. The van der Waals surface area contributed by atoms with Crippen molar-refractivity contribution in [3.63, 3.8) is 0 Å². The molecule has 30 heteroatoms. The van der Waals surface area contributed by atoms with E-state index in [0.717, 1.165) is 0 Å². The maximum absolute atomic E-state index is 14.6. The number of aliphatic imine (C=N–C) groups is 2. The molecule has 454 valence electrons. The maximum Gasteiger partial charge on any atom is 0.326 e. The van der Waals surface area contributed by atoms with E-state index in [4.69, 9.17) is 40.1 Å². The Labute approximate surface area is 479 Å². The SMILES string of the molecule is CC(C)[C@H](NC(=O)CNC(=O)[C@H](CC(N)=O)NC(=O)[C@H](CCC(N)=O)NC(=O)[C@@H](N)CCCN=C(N)N)C(=O)N[C@@H](Cc1c[nH]c2ccccc12)C(=O)N[C@@H](CCCN=C(N)N)C(=O)N[C@H](C(=O)N[C@@H](Cc1ccccc1)C(=O)O)C(C)C. The first-order valence-corrected chi connectivity index (χ1v) is 26.8. The van der Waals surface area contributed by atoms with Crippen molar-refractivity contribution in [2.75, 3.05) is 19.6 Å². The van der Waals surface area contributed by atoms with E-state index in [0.29, 0.717) is 28.5 Å². The Bertz CT molecular complexity index is 2800. The Kier molecular flexibility index (Phi) is 27.9. The molecule has 30 nitrogen and oxygen atoms in total. The lowest BCUT2D eigenvalue weighted by molar-refractivity contribution is -0.142. The van der Waals surface area contributed by atoms with Crippen LogP contribution < -0.4 is 82.7 Å². The van der Waals surface area contributed by atoms with Gasteiger partial charge in [-0.05, 0) is 61.1 Å². The van der Waals surface area contributed by atoms with E-state index in [1.54, 1.807) is 88.5 Å². The van der Waals surface area contributed by atoms with Gasteiger partial charge in [0, 0.05) is 49.5 Å². The van der Waals surface area contributed by atoms with Crippen LogP contribution in [0, 0.1) is 11.8 Å². The number of rotatable bonds is 36. The maximum atomic E-state index is 14.6. The molecule has 3 aromatic rings. The van der Waals surface area contributed by atoms with Crippen molar-refractivity contribution in [2.24, 2.45) is 62.0 Å². The lowest BCUT2D eigenvalue weighted by atomic mass is 9.99. The predicted molar refractivity (Wildman–Crippen MR) is 306 cm³/mol. The lowest BCUT2D eigenvalue weighted by Crippen LogP contribution is -2.60. The van der Waals surface area contributed by atoms with Crippen molar-refractivity contribution in [1.29, 1.82) is 0 Å². The third kappa shape index (κ3) is 24.1. The summed E-state index contributed by atoms with van der Waals surface area (Å²) < 4.78 is 0. The van der Waals surface area contributed by atoms with Crippen molar-refractivity contribution >= 4 is 87.9 Å². The van der Waals surface area contributed by atoms with Gasteiger partial charge in [-0.25, -0.2) is 4.79 Å². The van der Waals surface area contributed by atoms with Gasteiger partial charge in [-0.15, -0.1) is 0 Å². The van der Waals surface area contributed by atoms with E-state index < -0.39 is 138 Å². The molecule has 0 spiro atoms. The Morgan fingerprint density at radius 3 is 1.61 bits per heavy atom. The van der Waals surface area contributed by atoms with E-state index in [1.165, 1.54) is 0 Å². The standard InChI is InChI=1S/C53H80N18O12/c1-27(2)42(70-41(74)26-64-45(76)37(24-40(56)73)67-46(77)35(18-19-39(55)72)65-44(75)32(54)15-10-20-61-52(57)58)49(80)68-36(23-30-25-63-33-16-9-8-14-31(30)33)48(79)66-34(17-11-21-62-53(59)60)47(78)71-43(28(3)4)50(81)69-38(51(82)83)22-29-12-6-5-7-13-29/h5-9,12-14,16,25,27-28,32,34-38,42-43,63H,10-11,15,17-24,26,54H2,1-4H3,(H2,55,72)(H2,56,73)(H,64,76)(H,65,75)(H,66,79)(H,67,77)(H,68,80)(H,69,81)(H,70,74)(H,71,78)(H,82,83)(H4,57,58,61)(H4,59,60,62)/t32-,34-,35-,36-,37-,38-,42-,43-/m0/s1. The number of aromatic nitrogens is 1. The highest BCUT2D eigenvalue weighted by Crippen LogP contribution is 2.20. The van der Waals surface area contributed by atoms with Crippen molar-refractivity contribution in [1.82, 2.24) is 47.5 Å². The molecule has 3 rings (SSSR count). The van der Waals surface area contributed by atoms with Gasteiger partial charge in [0.05, 0.1) is 19.0 Å². The molecule has 0 saturated carbocycles. The Morgan fingerprint density at radius 1 is 0.530 bits per heavy atom. The molecular weight excluding hydrogens is 1080 g/mol. The van der Waals surface area contributed by atoms with Gasteiger partial charge in [0.2, 0.25) is 59.1 Å². The van der Waals surface area contributed by atoms with E-state index >= 15 is 0 Å². The molecule has 0 bridgehead atoms. The number of benzene rings is 2. The lowest BCUT2D eigenvalue weighted by Gasteiger charge is -2.28. The average Bonchev–Trinajstić information content (AvgIpc) is 4.14. The molecule has 0 fully saturated rings. The number of fused-ring (bicyclic) bond motifs is 1. The highest BCUT2D eigenvalue weighted by atomic mass is 16.4. The van der Waals surface area contributed by atoms with Gasteiger partial charge >= 0.3 is 5.97 Å². The minimum atomic E-state index is -1.72. The number of carbonyl (C=O) groups is 11. The first-order chi connectivity index (χ1) is 39.2. The van der Waals surface area contributed by atoms with Crippen molar-refractivity contribution in [3.05, 3.63) is 71.9 Å². The van der Waals surface area contributed by atoms with Crippen LogP contribution in [0.4, 0.5) is 0 Å². The van der Waals surface area contributed by atoms with Gasteiger partial charge in [-0.2, -0.15) is 0 Å². The van der Waals surface area contributed by atoms with E-state index in [2.05, 4.69) is 57.5 Å². The van der Waals surface area contributed by atoms with Crippen LogP contribution in [0.3, 0.4) is 0 Å². The molecule has 0 aliphatic carbocycles. The number of hydrogen-bond acceptors (Lipinski definition) is 14. The summed E-state index contributed by atoms with van der Waals surface area (Å²) in [6, 6.07) is 4.50. The number of carbonyl (C=O) groups excluding carboxylic acids is 10. The fourth-order valence-corrected chi connectivity index (χ4v) is 8.35. The number of para-hydroxylation sites is 1. The number of guanidine groups is 2. The smallest absolute Gasteiger partial charge is 0.326 e. The summed E-state index contributed by atoms with van der Waals surface area (Å²) in [6.07, 6.45) is 0.324. The number of carboxylic acid groups (broad SMARTS) is 1. The molecule has 0 aliphatic rings. The first kappa shape index (κ1) is 67.9. The normalized spacial score (nSPS) is 13.9. The number of aromatic amines is 1. The third-order valence-electron chi connectivity index (χ3n) is 12.8. The molecule has 0 unspecified atom stereocenters. The van der Waals surface area contributed by atoms with E-state index in [9.17, 15) is 57.8 Å². The number of amides is 10. The number of primary amides is 2. The van der Waals surface area contributed by atoms with Crippen LogP contribution >= 0.6 is 0 Å². The van der Waals surface area contributed by atoms with Gasteiger partial charge < -0.3 is 92.8 Å². The molecule has 8 atom stereocenters. The van der Waals surface area contributed by atoms with Gasteiger partial charge in [0.25, 0.3) is 0 Å². The predicted octanol–water partition coefficient (Wildman–Crippen LogP) is -4.57. The first-order valence-electron chi connectivity index (χ1n) is 26.8. The summed E-state index contributed by atoms with van der Waals surface area (Å²) in [6.45, 7) is 5.80. The Morgan fingerprint density at radius 2 is 1.04 bits per heavy atom. The number of nitrogens with zero attached hydrogens (tertiary/aromatic N) is 2. The van der Waals surface area contributed by atoms with Crippen LogP contribution in [-0.4, -0.2) is 155 Å². The van der Waals surface area contributed by atoms with Crippen LogP contribution in [0.1, 0.15) is 83.8 Å². The van der Waals surface area contributed by atoms with Gasteiger partial charge in [-0.3, -0.25) is 57.9 Å². The number of carboxylic acids is 1. The molecular formula is C53H80N18O12. The quantitative estimate of drug-likeness (QED) is 0.0148. The summed E-state index contributed by atoms with van der Waals surface area (Å²) in [5.41, 5.74) is 40.3. The summed E-state index contributed by atoms with van der Waals surface area (Å²) in [7, 11) is 0. The minimum Gasteiger partial charge on any atom is -0.480 e. The zero-order chi connectivity index (χ0) is 61.9. The zero-order valence-corrected chi connectivity index (χ0v) is 46.9. The van der Waals surface area contributed by atoms with Gasteiger partial charge in [0.1, 0.15) is 42.3 Å². The van der Waals surface area contributed by atoms with Gasteiger partial charge in [0.15, 0.2) is 11.9 Å². The van der Waals surface area contributed by atoms with Crippen LogP contribution in [-0.2, 0) is 65.6 Å². The topological polar surface area (TPSA) is 527 Å². The minimum absolute atomic E-state index is 0.0290. The summed E-state index contributed by atoms with van der Waals surface area (Å²) in [5, 5.41) is 30.8. The molecule has 24 N–H and O–H groups in total. The van der Waals surface area contributed by atoms with Crippen molar-refractivity contribution in [2.45, 2.75) is 134 Å². The second-order valence-electron chi connectivity index (χ2n) is 20.3. The number of nitrogens with two attached hydrogens (primary N) is 7. The molecule has 83 heavy (non-hydrogen) atoms. The number of H-pyrrole nitrogens is 1. The molecule has 0 radical (unpaired) electrons. The second kappa shape index (κ2) is 34.1. The molecule has 2 aromatic carbocycles. The third-order valence-corrected chi connectivity index (χ3v) is 12.8. The molecule has 1 heterocycles. The Balaban J connectivity index is 1.86. The van der Waals surface area contributed by atoms with Crippen LogP contribution in [0.2, 0.25) is 0 Å². The monoisotopic (exact) mass is 1160 g/mol. The van der Waals surface area contributed by atoms with E-state index in [-0.39, 0.29) is 70.0 Å². The average molecular weight is 1160 g/mol. The highest BCUT2D eigenvalue weighted by molar-refractivity contribution is 5.99. The zero-order valence-electron chi connectivity index (χ0n) is 46.9. The van der Waals surface area contributed by atoms with Crippen LogP contribution in [0.25, 0.3) is 10.9 Å². The summed E-state index contributed by atoms with van der Waals surface area (Å²) in [4.78, 5) is 158. The summed E-state index contributed by atoms with van der Waals surface area (Å²) in [5.74, 6) is -12.1. The molecule has 0 aliphatic heterocycles. The van der Waals surface area contributed by atoms with E-state index in [1.807, 2.05) is 0 Å². The largest absolute Gasteiger partial charge is 0.480 e. The van der Waals surface area contributed by atoms with Crippen molar-refractivity contribution in [3.8, 4) is 0 Å².